The molecule has 1 amide bonds. The van der Waals surface area contributed by atoms with Crippen LogP contribution in [0.3, 0.4) is 0 Å². The molecule has 2 aromatic carbocycles. The first-order chi connectivity index (χ1) is 18.0. The van der Waals surface area contributed by atoms with Crippen LogP contribution in [0.25, 0.3) is 0 Å². The Bertz CT molecular complexity index is 1340. The second-order valence-corrected chi connectivity index (χ2v) is 10.2. The first-order valence-corrected chi connectivity index (χ1v) is 12.8. The van der Waals surface area contributed by atoms with E-state index < -0.39 is 29.9 Å². The molecule has 200 valence electrons. The molecule has 0 spiro atoms. The Labute approximate surface area is 224 Å². The highest BCUT2D eigenvalue weighted by Crippen LogP contribution is 2.33. The Morgan fingerprint density at radius 2 is 1.76 bits per heavy atom. The summed E-state index contributed by atoms with van der Waals surface area (Å²) < 4.78 is 29.6. The van der Waals surface area contributed by atoms with Gasteiger partial charge >= 0.3 is 0 Å². The standard InChI is InChI=1S/C28H29ClF2N4O3/c1-16-23(13-33-35(16)22-8-6-19(7-9-22)17(2)36)28(38)34(14-18-10-20(30)12-21(31)11-18)15-26(37)27-24(29)4-3-5-25(27)32/h3-5,10-13,19,22H,6-9,14-15,32H2,1-2H3/t19-,22-. The molecule has 7 nitrogen and oxygen atoms in total. The highest BCUT2D eigenvalue weighted by molar-refractivity contribution is 6.34. The van der Waals surface area contributed by atoms with Crippen LogP contribution in [-0.4, -0.2) is 38.7 Å². The van der Waals surface area contributed by atoms with Gasteiger partial charge in [-0.15, -0.1) is 0 Å². The van der Waals surface area contributed by atoms with E-state index in [1.54, 1.807) is 24.6 Å². The lowest BCUT2D eigenvalue weighted by molar-refractivity contribution is -0.121. The number of rotatable bonds is 8. The fraction of sp³-hybridized carbons (Fsp3) is 0.357. The maximum atomic E-state index is 13.9. The minimum atomic E-state index is -0.792. The first kappa shape index (κ1) is 27.4. The number of Topliss-reactive ketones (excluding diaryl/α,β-unsaturated/α-hetero) is 2. The first-order valence-electron chi connectivity index (χ1n) is 12.4. The van der Waals surface area contributed by atoms with Crippen molar-refractivity contribution in [3.05, 3.63) is 81.6 Å². The molecule has 2 N–H and O–H groups in total. The van der Waals surface area contributed by atoms with Crippen molar-refractivity contribution in [2.45, 2.75) is 52.1 Å². The van der Waals surface area contributed by atoms with E-state index in [1.165, 1.54) is 23.2 Å². The van der Waals surface area contributed by atoms with Crippen LogP contribution in [0.5, 0.6) is 0 Å². The van der Waals surface area contributed by atoms with Crippen molar-refractivity contribution in [3.63, 3.8) is 0 Å². The molecule has 1 aromatic heterocycles. The predicted molar refractivity (Wildman–Crippen MR) is 140 cm³/mol. The van der Waals surface area contributed by atoms with Gasteiger partial charge in [-0.1, -0.05) is 17.7 Å². The molecule has 0 saturated heterocycles. The van der Waals surface area contributed by atoms with Crippen molar-refractivity contribution < 1.29 is 23.2 Å². The van der Waals surface area contributed by atoms with Crippen LogP contribution in [0.4, 0.5) is 14.5 Å². The van der Waals surface area contributed by atoms with Crippen molar-refractivity contribution in [3.8, 4) is 0 Å². The zero-order chi connectivity index (χ0) is 27.6. The summed E-state index contributed by atoms with van der Waals surface area (Å²) in [5.41, 5.74) is 7.28. The fourth-order valence-corrected chi connectivity index (χ4v) is 5.40. The van der Waals surface area contributed by atoms with Gasteiger partial charge in [0.25, 0.3) is 5.91 Å². The van der Waals surface area contributed by atoms with Gasteiger partial charge in [0.2, 0.25) is 0 Å². The quantitative estimate of drug-likeness (QED) is 0.297. The fourth-order valence-electron chi connectivity index (χ4n) is 5.11. The molecular weight excluding hydrogens is 514 g/mol. The molecule has 3 aromatic rings. The monoisotopic (exact) mass is 542 g/mol. The van der Waals surface area contributed by atoms with E-state index in [9.17, 15) is 23.2 Å². The highest BCUT2D eigenvalue weighted by atomic mass is 35.5. The van der Waals surface area contributed by atoms with E-state index in [-0.39, 0.29) is 51.7 Å². The molecule has 0 unspecified atom stereocenters. The van der Waals surface area contributed by atoms with Crippen LogP contribution in [0.2, 0.25) is 5.02 Å². The molecule has 4 rings (SSSR count). The van der Waals surface area contributed by atoms with Gasteiger partial charge < -0.3 is 10.6 Å². The lowest BCUT2D eigenvalue weighted by atomic mass is 9.84. The summed E-state index contributed by atoms with van der Waals surface area (Å²) in [6, 6.07) is 7.66. The summed E-state index contributed by atoms with van der Waals surface area (Å²) >= 11 is 6.21. The van der Waals surface area contributed by atoms with E-state index in [0.29, 0.717) is 5.69 Å². The number of carbonyl (C=O) groups excluding carboxylic acids is 3. The van der Waals surface area contributed by atoms with Crippen LogP contribution in [0.15, 0.2) is 42.6 Å². The van der Waals surface area contributed by atoms with Gasteiger partial charge in [0.1, 0.15) is 17.4 Å². The second kappa shape index (κ2) is 11.4. The summed E-state index contributed by atoms with van der Waals surface area (Å²) in [5.74, 6) is -2.38. The van der Waals surface area contributed by atoms with Crippen LogP contribution in [0, 0.1) is 24.5 Å². The summed E-state index contributed by atoms with van der Waals surface area (Å²) in [4.78, 5) is 39.9. The third-order valence-corrected chi connectivity index (χ3v) is 7.45. The number of amides is 1. The van der Waals surface area contributed by atoms with E-state index in [4.69, 9.17) is 17.3 Å². The van der Waals surface area contributed by atoms with Crippen LogP contribution < -0.4 is 5.73 Å². The lowest BCUT2D eigenvalue weighted by Crippen LogP contribution is -2.36. The number of carbonyl (C=O) groups is 3. The zero-order valence-corrected chi connectivity index (χ0v) is 22.0. The molecule has 1 heterocycles. The van der Waals surface area contributed by atoms with Crippen LogP contribution >= 0.6 is 11.6 Å². The Morgan fingerprint density at radius 3 is 2.37 bits per heavy atom. The number of aromatic nitrogens is 2. The van der Waals surface area contributed by atoms with Crippen molar-refractivity contribution in [2.24, 2.45) is 5.92 Å². The molecule has 0 aliphatic heterocycles. The molecule has 0 bridgehead atoms. The minimum Gasteiger partial charge on any atom is -0.398 e. The number of nitrogens with zero attached hydrogens (tertiary/aromatic N) is 3. The summed E-state index contributed by atoms with van der Waals surface area (Å²) in [7, 11) is 0. The average Bonchev–Trinajstić information content (AvgIpc) is 3.23. The topological polar surface area (TPSA) is 98.3 Å². The lowest BCUT2D eigenvalue weighted by Gasteiger charge is -2.28. The third kappa shape index (κ3) is 5.93. The molecule has 1 aliphatic carbocycles. The number of nitrogens with two attached hydrogens (primary N) is 1. The molecule has 0 atom stereocenters. The smallest absolute Gasteiger partial charge is 0.258 e. The second-order valence-electron chi connectivity index (χ2n) is 9.77. The van der Waals surface area contributed by atoms with Crippen molar-refractivity contribution in [1.29, 1.82) is 0 Å². The number of hydrogen-bond acceptors (Lipinski definition) is 5. The highest BCUT2D eigenvalue weighted by Gasteiger charge is 2.30. The molecule has 1 saturated carbocycles. The summed E-state index contributed by atoms with van der Waals surface area (Å²) in [5, 5.41) is 4.59. The SMILES string of the molecule is Cc1c(C(=O)N(CC(=O)c2c(N)cccc2Cl)Cc2cc(F)cc(F)c2)cnn1[C@H]1CC[C@H](C(C)=O)CC1. The predicted octanol–water partition coefficient (Wildman–Crippen LogP) is 5.55. The van der Waals surface area contributed by atoms with Gasteiger partial charge in [-0.3, -0.25) is 19.1 Å². The van der Waals surface area contributed by atoms with Crippen molar-refractivity contribution in [2.75, 3.05) is 12.3 Å². The van der Waals surface area contributed by atoms with E-state index >= 15 is 0 Å². The Kier molecular flexibility index (Phi) is 8.26. The normalized spacial score (nSPS) is 17.3. The zero-order valence-electron chi connectivity index (χ0n) is 21.2. The van der Waals surface area contributed by atoms with Crippen LogP contribution in [-0.2, 0) is 11.3 Å². The van der Waals surface area contributed by atoms with Gasteiger partial charge in [-0.05, 0) is 69.4 Å². The molecule has 1 aliphatic rings. The number of halogens is 3. The Hall–Kier alpha value is -3.59. The molecule has 0 radical (unpaired) electrons. The summed E-state index contributed by atoms with van der Waals surface area (Å²) in [6.45, 7) is 2.74. The van der Waals surface area contributed by atoms with Crippen molar-refractivity contribution in [1.82, 2.24) is 14.7 Å². The number of anilines is 1. The van der Waals surface area contributed by atoms with E-state index in [1.807, 2.05) is 0 Å². The largest absolute Gasteiger partial charge is 0.398 e. The van der Waals surface area contributed by atoms with E-state index in [0.717, 1.165) is 43.9 Å². The van der Waals surface area contributed by atoms with Gasteiger partial charge in [0, 0.05) is 29.9 Å². The number of nitrogen functional groups attached to an aromatic ring is 1. The Balaban J connectivity index is 1.62. The molecular formula is C28H29ClF2N4O3. The molecule has 38 heavy (non-hydrogen) atoms. The van der Waals surface area contributed by atoms with Gasteiger partial charge in [-0.25, -0.2) is 8.78 Å². The maximum Gasteiger partial charge on any atom is 0.258 e. The van der Waals surface area contributed by atoms with Crippen molar-refractivity contribution >= 4 is 34.8 Å². The number of benzene rings is 2. The average molecular weight is 543 g/mol. The number of hydrogen-bond donors (Lipinski definition) is 1. The van der Waals surface area contributed by atoms with Gasteiger partial charge in [-0.2, -0.15) is 5.10 Å². The van der Waals surface area contributed by atoms with Gasteiger partial charge in [0.15, 0.2) is 5.78 Å². The maximum absolute atomic E-state index is 13.9. The van der Waals surface area contributed by atoms with Crippen LogP contribution in [0.1, 0.15) is 70.6 Å². The number of ketones is 2. The van der Waals surface area contributed by atoms with Gasteiger partial charge in [0.05, 0.1) is 34.9 Å². The minimum absolute atomic E-state index is 0.0440. The summed E-state index contributed by atoms with van der Waals surface area (Å²) in [6.07, 6.45) is 4.48. The Morgan fingerprint density at radius 1 is 1.11 bits per heavy atom. The van der Waals surface area contributed by atoms with E-state index in [2.05, 4.69) is 5.10 Å². The third-order valence-electron chi connectivity index (χ3n) is 7.13. The molecule has 1 fully saturated rings. The molecule has 10 heteroatoms.